The second kappa shape index (κ2) is 19.0. The fourth-order valence-electron chi connectivity index (χ4n) is 10.5. The van der Waals surface area contributed by atoms with E-state index in [1.54, 1.807) is 0 Å². The molecule has 0 N–H and O–H groups in total. The van der Waals surface area contributed by atoms with Crippen molar-refractivity contribution in [3.63, 3.8) is 0 Å². The van der Waals surface area contributed by atoms with Crippen LogP contribution in [-0.2, 0) is 0 Å². The molecule has 0 spiro atoms. The maximum absolute atomic E-state index is 2.42. The van der Waals surface area contributed by atoms with Crippen LogP contribution in [0.1, 0.15) is 16.7 Å². The first-order valence-electron chi connectivity index (χ1n) is 25.0. The van der Waals surface area contributed by atoms with Gasteiger partial charge < -0.3 is 4.57 Å². The van der Waals surface area contributed by atoms with E-state index in [2.05, 4.69) is 274 Å². The molecule has 0 radical (unpaired) electrons. The highest BCUT2D eigenvalue weighted by atomic mass is 15.0. The van der Waals surface area contributed by atoms with Crippen molar-refractivity contribution in [2.45, 2.75) is 20.8 Å². The van der Waals surface area contributed by atoms with Crippen molar-refractivity contribution in [1.82, 2.24) is 4.57 Å². The molecule has 1 heteroatoms. The molecule has 0 aliphatic carbocycles. The van der Waals surface area contributed by atoms with Crippen LogP contribution < -0.4 is 0 Å². The molecular weight excluding hydrogens is 867 g/mol. The zero-order chi connectivity index (χ0) is 48.5. The van der Waals surface area contributed by atoms with Gasteiger partial charge in [0, 0.05) is 16.5 Å². The van der Waals surface area contributed by atoms with E-state index in [0.29, 0.717) is 0 Å². The lowest BCUT2D eigenvalue weighted by atomic mass is 9.83. The Balaban J connectivity index is 0.000000700. The van der Waals surface area contributed by atoms with Crippen LogP contribution in [-0.4, -0.2) is 4.57 Å². The highest BCUT2D eigenvalue weighted by molar-refractivity contribution is 6.22. The number of para-hydroxylation sites is 2. The quantitative estimate of drug-likeness (QED) is 0.140. The lowest BCUT2D eigenvalue weighted by molar-refractivity contribution is 1.18. The van der Waals surface area contributed by atoms with Gasteiger partial charge in [-0.25, -0.2) is 0 Å². The molecule has 0 atom stereocenters. The van der Waals surface area contributed by atoms with Crippen LogP contribution in [0.25, 0.3) is 116 Å². The number of nitrogens with zero attached hydrogens (tertiary/aromatic N) is 1. The van der Waals surface area contributed by atoms with Crippen molar-refractivity contribution in [3.05, 3.63) is 284 Å². The average molecular weight is 920 g/mol. The van der Waals surface area contributed by atoms with Crippen molar-refractivity contribution in [1.29, 1.82) is 0 Å². The van der Waals surface area contributed by atoms with Gasteiger partial charge in [0.25, 0.3) is 0 Å². The minimum atomic E-state index is 1.17. The van der Waals surface area contributed by atoms with Gasteiger partial charge in [-0.3, -0.25) is 0 Å². The van der Waals surface area contributed by atoms with Crippen molar-refractivity contribution in [3.8, 4) is 72.4 Å². The molecular formula is C71H53N. The third-order valence-corrected chi connectivity index (χ3v) is 14.3. The van der Waals surface area contributed by atoms with Gasteiger partial charge in [0.05, 0.1) is 11.0 Å². The second-order valence-electron chi connectivity index (χ2n) is 19.1. The van der Waals surface area contributed by atoms with Gasteiger partial charge in [-0.15, -0.1) is 0 Å². The van der Waals surface area contributed by atoms with E-state index < -0.39 is 0 Å². The predicted octanol–water partition coefficient (Wildman–Crippen LogP) is 19.7. The third-order valence-electron chi connectivity index (χ3n) is 14.3. The molecule has 0 aliphatic rings. The summed E-state index contributed by atoms with van der Waals surface area (Å²) in [6, 6.07) is 97.7. The number of benzene rings is 12. The number of aromatic nitrogens is 1. The Kier molecular flexibility index (Phi) is 11.7. The summed E-state index contributed by atoms with van der Waals surface area (Å²) in [5.74, 6) is 0. The summed E-state index contributed by atoms with van der Waals surface area (Å²) in [4.78, 5) is 0. The zero-order valence-corrected chi connectivity index (χ0v) is 40.9. The summed E-state index contributed by atoms with van der Waals surface area (Å²) in [5, 5.41) is 7.52. The number of hydrogen-bond acceptors (Lipinski definition) is 0. The number of fused-ring (bicyclic) bond motifs is 5. The fourth-order valence-corrected chi connectivity index (χ4v) is 10.5. The van der Waals surface area contributed by atoms with Crippen LogP contribution in [0, 0.1) is 20.8 Å². The normalized spacial score (nSPS) is 11.3. The first kappa shape index (κ1) is 44.2. The van der Waals surface area contributed by atoms with Crippen LogP contribution in [0.3, 0.4) is 0 Å². The molecule has 1 heterocycles. The van der Waals surface area contributed by atoms with Crippen LogP contribution in [0.15, 0.2) is 267 Å². The molecule has 0 aliphatic heterocycles. The van der Waals surface area contributed by atoms with Gasteiger partial charge in [-0.05, 0) is 152 Å². The van der Waals surface area contributed by atoms with E-state index in [0.717, 1.165) is 0 Å². The van der Waals surface area contributed by atoms with Crippen molar-refractivity contribution in [2.24, 2.45) is 0 Å². The predicted molar refractivity (Wildman–Crippen MR) is 309 cm³/mol. The van der Waals surface area contributed by atoms with Crippen LogP contribution >= 0.6 is 0 Å². The third kappa shape index (κ3) is 8.46. The standard InChI is InChI=1S/C64H45N.C7H8/c1-42-17-21-46(22-18-42)51-34-37-57-59(40-51)63(49-11-5-3-6-12-49)56-36-33-52(47-23-19-43(2)20-24-47)41-60(56)64(57)50-31-29-45(30-32-50)44-25-27-48(28-26-44)53-35-38-62-58(39-53)55-15-9-10-16-61(55)65(62)54-13-7-4-8-14-54;1-7-5-3-2-4-6-7/h3-41H,1-2H3;2-6H,1H3. The molecule has 0 amide bonds. The summed E-state index contributed by atoms with van der Waals surface area (Å²) in [6.45, 7) is 6.38. The molecule has 0 saturated heterocycles. The molecule has 0 fully saturated rings. The summed E-state index contributed by atoms with van der Waals surface area (Å²) < 4.78 is 2.37. The van der Waals surface area contributed by atoms with Gasteiger partial charge in [-0.1, -0.05) is 241 Å². The van der Waals surface area contributed by atoms with E-state index in [4.69, 9.17) is 0 Å². The largest absolute Gasteiger partial charge is 0.309 e. The van der Waals surface area contributed by atoms with Gasteiger partial charge in [0.2, 0.25) is 0 Å². The highest BCUT2D eigenvalue weighted by Crippen LogP contribution is 2.46. The Labute approximate surface area is 422 Å². The van der Waals surface area contributed by atoms with Gasteiger partial charge >= 0.3 is 0 Å². The molecule has 1 nitrogen and oxygen atoms in total. The average Bonchev–Trinajstić information content (AvgIpc) is 3.77. The van der Waals surface area contributed by atoms with Crippen LogP contribution in [0.4, 0.5) is 0 Å². The molecule has 0 bridgehead atoms. The smallest absolute Gasteiger partial charge is 0.0541 e. The number of rotatable bonds is 7. The molecule has 13 rings (SSSR count). The molecule has 0 unspecified atom stereocenters. The van der Waals surface area contributed by atoms with Crippen molar-refractivity contribution in [2.75, 3.05) is 0 Å². The lowest BCUT2D eigenvalue weighted by Crippen LogP contribution is -1.93. The van der Waals surface area contributed by atoms with E-state index in [1.807, 2.05) is 18.2 Å². The monoisotopic (exact) mass is 919 g/mol. The minimum Gasteiger partial charge on any atom is -0.309 e. The lowest BCUT2D eigenvalue weighted by Gasteiger charge is -2.20. The molecule has 13 aromatic rings. The van der Waals surface area contributed by atoms with E-state index in [9.17, 15) is 0 Å². The second-order valence-corrected chi connectivity index (χ2v) is 19.1. The number of hydrogen-bond donors (Lipinski definition) is 0. The summed E-state index contributed by atoms with van der Waals surface area (Å²) in [5.41, 5.74) is 22.1. The first-order chi connectivity index (χ1) is 35.4. The molecule has 342 valence electrons. The Morgan fingerprint density at radius 3 is 1.03 bits per heavy atom. The Morgan fingerprint density at radius 2 is 0.542 bits per heavy atom. The Hall–Kier alpha value is -9.04. The summed E-state index contributed by atoms with van der Waals surface area (Å²) >= 11 is 0. The van der Waals surface area contributed by atoms with E-state index >= 15 is 0 Å². The van der Waals surface area contributed by atoms with Crippen LogP contribution in [0.2, 0.25) is 0 Å². The molecule has 1 aromatic heterocycles. The summed E-state index contributed by atoms with van der Waals surface area (Å²) in [7, 11) is 0. The maximum Gasteiger partial charge on any atom is 0.0541 e. The van der Waals surface area contributed by atoms with Crippen LogP contribution in [0.5, 0.6) is 0 Å². The zero-order valence-electron chi connectivity index (χ0n) is 40.9. The number of aryl methyl sites for hydroxylation is 3. The molecule has 0 saturated carbocycles. The van der Waals surface area contributed by atoms with Gasteiger partial charge in [0.1, 0.15) is 0 Å². The topological polar surface area (TPSA) is 4.93 Å². The van der Waals surface area contributed by atoms with Gasteiger partial charge in [-0.2, -0.15) is 0 Å². The molecule has 72 heavy (non-hydrogen) atoms. The van der Waals surface area contributed by atoms with Crippen molar-refractivity contribution >= 4 is 43.4 Å². The highest BCUT2D eigenvalue weighted by Gasteiger charge is 2.19. The SMILES string of the molecule is Cc1ccc(-c2ccc3c(-c4ccc(-c5ccc(-c6ccc7c(c6)c6ccccc6n7-c6ccccc6)cc5)cc4)c4cc(-c5ccc(C)cc5)ccc4c(-c4ccccc4)c3c2)cc1.Cc1ccccc1. The maximum atomic E-state index is 2.42. The fraction of sp³-hybridized carbons (Fsp3) is 0.0423. The first-order valence-corrected chi connectivity index (χ1v) is 25.0. The Bertz CT molecular complexity index is 4040. The van der Waals surface area contributed by atoms with Crippen molar-refractivity contribution < 1.29 is 0 Å². The van der Waals surface area contributed by atoms with Gasteiger partial charge in [0.15, 0.2) is 0 Å². The molecule has 12 aromatic carbocycles. The summed E-state index contributed by atoms with van der Waals surface area (Å²) in [6.07, 6.45) is 0. The minimum absolute atomic E-state index is 1.17. The van der Waals surface area contributed by atoms with E-state index in [-0.39, 0.29) is 0 Å². The Morgan fingerprint density at radius 1 is 0.208 bits per heavy atom. The van der Waals surface area contributed by atoms with E-state index in [1.165, 1.54) is 132 Å².